The van der Waals surface area contributed by atoms with E-state index in [0.29, 0.717) is 5.95 Å². The molecule has 0 bridgehead atoms. The molecule has 0 saturated heterocycles. The first-order valence-electron chi connectivity index (χ1n) is 7.00. The number of nitrogens with one attached hydrogen (secondary N) is 2. The number of hydrogen-bond donors (Lipinski definition) is 2. The zero-order valence-electron chi connectivity index (χ0n) is 11.9. The molecule has 19 heavy (non-hydrogen) atoms. The lowest BCUT2D eigenvalue weighted by Gasteiger charge is -2.22. The fourth-order valence-corrected chi connectivity index (χ4v) is 2.05. The van der Waals surface area contributed by atoms with Crippen molar-refractivity contribution in [3.8, 4) is 0 Å². The van der Waals surface area contributed by atoms with E-state index in [1.54, 1.807) is 6.33 Å². The van der Waals surface area contributed by atoms with Gasteiger partial charge in [-0.2, -0.15) is 9.97 Å². The molecule has 2 rings (SSSR count). The van der Waals surface area contributed by atoms with Crippen molar-refractivity contribution in [2.75, 3.05) is 29.9 Å². The Labute approximate surface area is 113 Å². The lowest BCUT2D eigenvalue weighted by atomic mass is 10.3. The number of H-pyrrole nitrogens is 1. The molecule has 0 fully saturated rings. The maximum absolute atomic E-state index is 4.63. The number of imidazole rings is 1. The molecule has 0 aliphatic rings. The normalized spacial score (nSPS) is 10.9. The first-order valence-corrected chi connectivity index (χ1v) is 7.00. The predicted octanol–water partition coefficient (Wildman–Crippen LogP) is 2.41. The molecule has 0 saturated carbocycles. The smallest absolute Gasteiger partial charge is 0.226 e. The van der Waals surface area contributed by atoms with Crippen molar-refractivity contribution in [2.45, 2.75) is 33.6 Å². The number of hydrogen-bond acceptors (Lipinski definition) is 5. The average molecular weight is 262 g/mol. The molecule has 0 amide bonds. The first kappa shape index (κ1) is 13.6. The molecule has 0 aliphatic carbocycles. The van der Waals surface area contributed by atoms with Crippen LogP contribution in [0, 0.1) is 0 Å². The molecule has 6 heteroatoms. The molecule has 6 nitrogen and oxygen atoms in total. The summed E-state index contributed by atoms with van der Waals surface area (Å²) in [6.07, 6.45) is 3.81. The fraction of sp³-hybridized carbons (Fsp3) is 0.615. The highest BCUT2D eigenvalue weighted by Gasteiger charge is 2.14. The van der Waals surface area contributed by atoms with Crippen LogP contribution in [0.15, 0.2) is 6.33 Å². The highest BCUT2D eigenvalue weighted by atomic mass is 15.2. The third-order valence-electron chi connectivity index (χ3n) is 2.97. The van der Waals surface area contributed by atoms with E-state index in [-0.39, 0.29) is 0 Å². The predicted molar refractivity (Wildman–Crippen MR) is 78.6 cm³/mol. The molecule has 0 aromatic carbocycles. The number of nitrogens with zero attached hydrogens (tertiary/aromatic N) is 4. The number of anilines is 2. The van der Waals surface area contributed by atoms with E-state index in [1.807, 2.05) is 0 Å². The Morgan fingerprint density at radius 1 is 1.21 bits per heavy atom. The summed E-state index contributed by atoms with van der Waals surface area (Å²) >= 11 is 0. The first-order chi connectivity index (χ1) is 9.30. The van der Waals surface area contributed by atoms with Gasteiger partial charge in [-0.1, -0.05) is 13.8 Å². The Morgan fingerprint density at radius 3 is 2.74 bits per heavy atom. The van der Waals surface area contributed by atoms with Crippen molar-refractivity contribution in [2.24, 2.45) is 0 Å². The van der Waals surface area contributed by atoms with E-state index in [1.165, 1.54) is 0 Å². The number of rotatable bonds is 7. The third kappa shape index (κ3) is 2.94. The van der Waals surface area contributed by atoms with Crippen molar-refractivity contribution in [1.82, 2.24) is 19.9 Å². The van der Waals surface area contributed by atoms with Crippen molar-refractivity contribution in [3.05, 3.63) is 6.33 Å². The summed E-state index contributed by atoms with van der Waals surface area (Å²) in [4.78, 5) is 18.7. The monoisotopic (exact) mass is 262 g/mol. The minimum absolute atomic E-state index is 0.658. The van der Waals surface area contributed by atoms with E-state index >= 15 is 0 Å². The van der Waals surface area contributed by atoms with E-state index in [2.05, 4.69) is 50.9 Å². The van der Waals surface area contributed by atoms with Crippen LogP contribution in [-0.4, -0.2) is 39.6 Å². The van der Waals surface area contributed by atoms with Gasteiger partial charge in [0.1, 0.15) is 5.52 Å². The van der Waals surface area contributed by atoms with Crippen LogP contribution in [0.25, 0.3) is 11.2 Å². The number of aromatic nitrogens is 4. The van der Waals surface area contributed by atoms with Crippen molar-refractivity contribution in [3.63, 3.8) is 0 Å². The van der Waals surface area contributed by atoms with Crippen LogP contribution < -0.4 is 10.2 Å². The van der Waals surface area contributed by atoms with Crippen LogP contribution in [0.5, 0.6) is 0 Å². The van der Waals surface area contributed by atoms with Crippen LogP contribution >= 0.6 is 0 Å². The topological polar surface area (TPSA) is 69.7 Å². The molecule has 2 N–H and O–H groups in total. The molecule has 0 aliphatic heterocycles. The van der Waals surface area contributed by atoms with Gasteiger partial charge in [-0.15, -0.1) is 0 Å². The Morgan fingerprint density at radius 2 is 2.05 bits per heavy atom. The summed E-state index contributed by atoms with van der Waals surface area (Å²) in [5.41, 5.74) is 1.63. The summed E-state index contributed by atoms with van der Waals surface area (Å²) in [5, 5.41) is 3.23. The van der Waals surface area contributed by atoms with Crippen LogP contribution in [-0.2, 0) is 0 Å². The van der Waals surface area contributed by atoms with Gasteiger partial charge in [0.05, 0.1) is 6.33 Å². The van der Waals surface area contributed by atoms with Crippen LogP contribution in [0.2, 0.25) is 0 Å². The summed E-state index contributed by atoms with van der Waals surface area (Å²) in [5.74, 6) is 1.59. The van der Waals surface area contributed by atoms with Gasteiger partial charge in [-0.3, -0.25) is 0 Å². The summed E-state index contributed by atoms with van der Waals surface area (Å²) in [6.45, 7) is 9.20. The van der Waals surface area contributed by atoms with Gasteiger partial charge in [0, 0.05) is 19.6 Å². The van der Waals surface area contributed by atoms with E-state index < -0.39 is 0 Å². The zero-order chi connectivity index (χ0) is 13.7. The summed E-state index contributed by atoms with van der Waals surface area (Å²) < 4.78 is 0. The molecule has 2 heterocycles. The average Bonchev–Trinajstić information content (AvgIpc) is 2.90. The molecular formula is C13H22N6. The molecule has 0 spiro atoms. The van der Waals surface area contributed by atoms with E-state index in [9.17, 15) is 0 Å². The Bertz CT molecular complexity index is 521. The van der Waals surface area contributed by atoms with Gasteiger partial charge in [0.25, 0.3) is 0 Å². The Hall–Kier alpha value is -1.85. The van der Waals surface area contributed by atoms with Crippen molar-refractivity contribution in [1.29, 1.82) is 0 Å². The largest absolute Gasteiger partial charge is 0.355 e. The highest BCUT2D eigenvalue weighted by Crippen LogP contribution is 2.22. The van der Waals surface area contributed by atoms with Gasteiger partial charge in [0.15, 0.2) is 11.5 Å². The second kappa shape index (κ2) is 6.36. The molecule has 0 unspecified atom stereocenters. The Balaban J connectivity index is 2.40. The lowest BCUT2D eigenvalue weighted by molar-refractivity contribution is 0.780. The highest BCUT2D eigenvalue weighted by molar-refractivity contribution is 5.84. The second-order valence-electron chi connectivity index (χ2n) is 4.48. The van der Waals surface area contributed by atoms with E-state index in [0.717, 1.165) is 49.5 Å². The van der Waals surface area contributed by atoms with E-state index in [4.69, 9.17) is 0 Å². The minimum atomic E-state index is 0.658. The summed E-state index contributed by atoms with van der Waals surface area (Å²) in [6, 6.07) is 0. The summed E-state index contributed by atoms with van der Waals surface area (Å²) in [7, 11) is 0. The van der Waals surface area contributed by atoms with Gasteiger partial charge in [-0.25, -0.2) is 4.98 Å². The van der Waals surface area contributed by atoms with Crippen molar-refractivity contribution >= 4 is 22.9 Å². The van der Waals surface area contributed by atoms with Crippen LogP contribution in [0.1, 0.15) is 33.6 Å². The quantitative estimate of drug-likeness (QED) is 0.802. The molecule has 2 aromatic heterocycles. The molecule has 104 valence electrons. The van der Waals surface area contributed by atoms with Gasteiger partial charge >= 0.3 is 0 Å². The number of fused-ring (bicyclic) bond motifs is 1. The fourth-order valence-electron chi connectivity index (χ4n) is 2.05. The van der Waals surface area contributed by atoms with Crippen LogP contribution in [0.4, 0.5) is 11.8 Å². The minimum Gasteiger partial charge on any atom is -0.355 e. The lowest BCUT2D eigenvalue weighted by Crippen LogP contribution is -2.25. The second-order valence-corrected chi connectivity index (χ2v) is 4.48. The molecular weight excluding hydrogens is 240 g/mol. The maximum Gasteiger partial charge on any atom is 0.226 e. The molecule has 0 radical (unpaired) electrons. The van der Waals surface area contributed by atoms with Gasteiger partial charge in [-0.05, 0) is 19.8 Å². The standard InChI is InChI=1S/C13H22N6/c1-4-7-14-13-17-11-10(15-9-16-11)12(18-13)19(6-3)8-5-2/h9H,4-8H2,1-3H3,(H2,14,15,16,17,18). The molecule has 2 aromatic rings. The third-order valence-corrected chi connectivity index (χ3v) is 2.97. The SMILES string of the molecule is CCCNc1nc(N(CC)CCC)c2[nH]cnc2n1. The molecule has 0 atom stereocenters. The van der Waals surface area contributed by atoms with Gasteiger partial charge < -0.3 is 15.2 Å². The maximum atomic E-state index is 4.63. The number of aromatic amines is 1. The Kier molecular flexibility index (Phi) is 4.54. The van der Waals surface area contributed by atoms with Gasteiger partial charge in [0.2, 0.25) is 5.95 Å². The van der Waals surface area contributed by atoms with Crippen molar-refractivity contribution < 1.29 is 0 Å². The van der Waals surface area contributed by atoms with Crippen LogP contribution in [0.3, 0.4) is 0 Å². The zero-order valence-corrected chi connectivity index (χ0v) is 11.9.